The number of carboxylic acid groups (broad SMARTS) is 1. The van der Waals surface area contributed by atoms with Crippen LogP contribution in [0.1, 0.15) is 6.92 Å². The van der Waals surface area contributed by atoms with Gasteiger partial charge in [0.1, 0.15) is 24.4 Å². The van der Waals surface area contributed by atoms with Gasteiger partial charge in [-0.25, -0.2) is 8.98 Å². The van der Waals surface area contributed by atoms with Gasteiger partial charge < -0.3 is 44.8 Å². The van der Waals surface area contributed by atoms with Crippen molar-refractivity contribution in [2.24, 2.45) is 10.9 Å². The quantitative estimate of drug-likeness (QED) is 0.0793. The molecule has 6 N–H and O–H groups in total. The summed E-state index contributed by atoms with van der Waals surface area (Å²) in [6, 6.07) is -1.41. The monoisotopic (exact) mass is 495 g/mol. The predicted octanol–water partition coefficient (Wildman–Crippen LogP) is -7.29. The molecule has 2 heterocycles. The van der Waals surface area contributed by atoms with Crippen LogP contribution in [0.4, 0.5) is 0 Å². The molecule has 1 saturated heterocycles. The number of aliphatic hydroxyl groups excluding tert-OH is 4. The molecule has 0 aromatic carbocycles. The van der Waals surface area contributed by atoms with E-state index in [1.165, 1.54) is 0 Å². The zero-order valence-corrected chi connectivity index (χ0v) is 19.7. The molecule has 1 fully saturated rings. The Kier molecular flexibility index (Phi) is 10.9. The molecule has 15 nitrogen and oxygen atoms in total. The molecule has 0 bridgehead atoms. The summed E-state index contributed by atoms with van der Waals surface area (Å²) in [4.78, 5) is 14.7. The first-order chi connectivity index (χ1) is 14.3. The summed E-state index contributed by atoms with van der Waals surface area (Å²) in [5.74, 6) is -4.28. The Hall–Kier alpha value is -0.890. The zero-order valence-electron chi connectivity index (χ0n) is 16.9. The topological polar surface area (TPSA) is 245 Å². The van der Waals surface area contributed by atoms with Crippen molar-refractivity contribution in [1.82, 2.24) is 0 Å². The number of hydrogen-bond acceptors (Lipinski definition) is 13. The predicted molar refractivity (Wildman–Crippen MR) is 93.3 cm³/mol. The van der Waals surface area contributed by atoms with E-state index in [9.17, 15) is 38.7 Å². The molecule has 0 aromatic rings. The molecule has 8 atom stereocenters. The van der Waals surface area contributed by atoms with Gasteiger partial charge >= 0.3 is 45.9 Å². The minimum Gasteiger partial charge on any atom is -0.862 e. The molecule has 2 aliphatic rings. The van der Waals surface area contributed by atoms with Crippen LogP contribution in [-0.2, 0) is 33.6 Å². The van der Waals surface area contributed by atoms with Crippen molar-refractivity contribution < 1.29 is 96.4 Å². The van der Waals surface area contributed by atoms with Crippen molar-refractivity contribution in [1.29, 1.82) is 0 Å². The van der Waals surface area contributed by atoms with Crippen LogP contribution < -0.4 is 34.7 Å². The fourth-order valence-corrected chi connectivity index (χ4v) is 3.30. The Labute approximate surface area is 204 Å². The smallest absolute Gasteiger partial charge is 0.862 e. The number of hydrogen-bond donors (Lipinski definition) is 6. The molecule has 2 aliphatic heterocycles. The average molecular weight is 495 g/mol. The number of rotatable bonds is 8. The van der Waals surface area contributed by atoms with Crippen LogP contribution in [0.2, 0.25) is 0 Å². The zero-order chi connectivity index (χ0) is 23.5. The van der Waals surface area contributed by atoms with E-state index in [4.69, 9.17) is 23.9 Å². The molecule has 0 aromatic heterocycles. The SMILES string of the molecule is CC([O-])=N[C@H]1C(O)O[C@H](COS(=O)(=O)O)[C@H](O)[C@@H]1CO[C@@H]1OC(C(=O)O)=C[C@H](O)[C@@H]1O.[Na+]. The van der Waals surface area contributed by atoms with E-state index >= 15 is 0 Å². The number of aliphatic hydroxyl groups is 4. The van der Waals surface area contributed by atoms with Crippen LogP contribution in [0.25, 0.3) is 0 Å². The third-order valence-electron chi connectivity index (χ3n) is 4.43. The molecular formula is C15H22NNaO14S. The molecule has 178 valence electrons. The van der Waals surface area contributed by atoms with E-state index in [-0.39, 0.29) is 29.6 Å². The van der Waals surface area contributed by atoms with Crippen LogP contribution in [0, 0.1) is 5.92 Å². The Morgan fingerprint density at radius 3 is 2.38 bits per heavy atom. The van der Waals surface area contributed by atoms with Gasteiger partial charge in [-0.1, -0.05) is 0 Å². The van der Waals surface area contributed by atoms with Gasteiger partial charge in [-0.15, -0.1) is 0 Å². The minimum atomic E-state index is -4.90. The molecule has 1 unspecified atom stereocenters. The maximum Gasteiger partial charge on any atom is 1.00 e. The van der Waals surface area contributed by atoms with Gasteiger partial charge in [0.05, 0.1) is 19.3 Å². The van der Waals surface area contributed by atoms with Gasteiger partial charge in [-0.05, 0) is 18.9 Å². The number of carboxylic acids is 1. The van der Waals surface area contributed by atoms with Crippen LogP contribution >= 0.6 is 0 Å². The van der Waals surface area contributed by atoms with Crippen LogP contribution in [-0.4, -0.2) is 107 Å². The summed E-state index contributed by atoms with van der Waals surface area (Å²) in [6.07, 6.45) is -9.33. The third kappa shape index (κ3) is 7.86. The summed E-state index contributed by atoms with van der Waals surface area (Å²) in [5, 5.41) is 60.7. The van der Waals surface area contributed by atoms with Gasteiger partial charge in [-0.3, -0.25) is 9.55 Å². The van der Waals surface area contributed by atoms with Crippen molar-refractivity contribution in [2.75, 3.05) is 13.2 Å². The number of aliphatic carboxylic acids is 1. The second-order valence-electron chi connectivity index (χ2n) is 6.71. The number of nitrogens with zero attached hydrogens (tertiary/aromatic N) is 1. The fraction of sp³-hybridized carbons (Fsp3) is 0.733. The van der Waals surface area contributed by atoms with E-state index in [0.717, 1.165) is 13.0 Å². The third-order valence-corrected chi connectivity index (χ3v) is 4.87. The first-order valence-corrected chi connectivity index (χ1v) is 10.1. The van der Waals surface area contributed by atoms with Gasteiger partial charge in [0.2, 0.25) is 12.0 Å². The van der Waals surface area contributed by atoms with Crippen LogP contribution in [0.3, 0.4) is 0 Å². The standard InChI is InChI=1S/C15H23NO14S.Na/c1-5(17)16-10-6(11(19)9(29-14(10)23)4-28-31(24,25)26)3-27-15-12(20)7(18)2-8(30-15)13(21)22;/h2,6-7,9-12,14-15,18-20,23H,3-4H2,1H3,(H,16,17)(H,21,22)(H,24,25,26);/q;+1/p-1/t6-,7+,9-,10-,11-,12+,14?,15-;/m1./s1. The van der Waals surface area contributed by atoms with Crippen LogP contribution in [0.5, 0.6) is 0 Å². The summed E-state index contributed by atoms with van der Waals surface area (Å²) in [6.45, 7) is -0.473. The molecular weight excluding hydrogens is 473 g/mol. The normalized spacial score (nSPS) is 35.9. The van der Waals surface area contributed by atoms with Gasteiger partial charge in [-0.2, -0.15) is 8.42 Å². The van der Waals surface area contributed by atoms with E-state index in [1.54, 1.807) is 0 Å². The molecule has 0 amide bonds. The van der Waals surface area contributed by atoms with Crippen molar-refractivity contribution >= 4 is 22.3 Å². The van der Waals surface area contributed by atoms with Gasteiger partial charge in [0.15, 0.2) is 6.29 Å². The number of carbonyl (C=O) groups is 1. The van der Waals surface area contributed by atoms with E-state index in [0.29, 0.717) is 0 Å². The van der Waals surface area contributed by atoms with Crippen molar-refractivity contribution in [3.8, 4) is 0 Å². The molecule has 0 saturated carbocycles. The van der Waals surface area contributed by atoms with Crippen molar-refractivity contribution in [3.05, 3.63) is 11.8 Å². The maximum absolute atomic E-state index is 11.4. The molecule has 17 heteroatoms. The van der Waals surface area contributed by atoms with Crippen molar-refractivity contribution in [3.63, 3.8) is 0 Å². The first kappa shape index (κ1) is 29.1. The number of ether oxygens (including phenoxy) is 3. The Balaban J connectivity index is 0.00000512. The summed E-state index contributed by atoms with van der Waals surface area (Å²) < 4.78 is 49.6. The summed E-state index contributed by atoms with van der Waals surface area (Å²) in [5.41, 5.74) is 0. The van der Waals surface area contributed by atoms with E-state index in [1.807, 2.05) is 0 Å². The largest absolute Gasteiger partial charge is 1.00 e. The van der Waals surface area contributed by atoms with E-state index in [2.05, 4.69) is 9.18 Å². The van der Waals surface area contributed by atoms with Gasteiger partial charge in [0, 0.05) is 5.92 Å². The maximum atomic E-state index is 11.4. The fourth-order valence-electron chi connectivity index (χ4n) is 3.00. The molecule has 2 rings (SSSR count). The minimum absolute atomic E-state index is 0. The van der Waals surface area contributed by atoms with Crippen LogP contribution in [0.15, 0.2) is 16.8 Å². The Bertz CT molecular complexity index is 815. The second-order valence-corrected chi connectivity index (χ2v) is 7.80. The Morgan fingerprint density at radius 2 is 1.84 bits per heavy atom. The Morgan fingerprint density at radius 1 is 1.22 bits per heavy atom. The number of aliphatic imine (C=N–C) groups is 1. The molecule has 0 spiro atoms. The van der Waals surface area contributed by atoms with Gasteiger partial charge in [0.25, 0.3) is 0 Å². The average Bonchev–Trinajstić information content (AvgIpc) is 2.64. The summed E-state index contributed by atoms with van der Waals surface area (Å²) in [7, 11) is -4.90. The second kappa shape index (κ2) is 12.0. The van der Waals surface area contributed by atoms with Crippen molar-refractivity contribution in [2.45, 2.75) is 50.0 Å². The molecule has 0 radical (unpaired) electrons. The molecule has 32 heavy (non-hydrogen) atoms. The van der Waals surface area contributed by atoms with E-state index < -0.39 is 90.2 Å². The first-order valence-electron chi connectivity index (χ1n) is 8.74. The summed E-state index contributed by atoms with van der Waals surface area (Å²) >= 11 is 0. The molecule has 0 aliphatic carbocycles.